The molecule has 0 amide bonds. The summed E-state index contributed by atoms with van der Waals surface area (Å²) in [7, 11) is 0. The van der Waals surface area contributed by atoms with Crippen LogP contribution >= 0.6 is 68.7 Å². The van der Waals surface area contributed by atoms with Crippen LogP contribution in [0.25, 0.3) is 12.2 Å². The number of hydrogen-bond acceptors (Lipinski definition) is 4. The third kappa shape index (κ3) is 10.2. The Morgan fingerprint density at radius 1 is 0.579 bits per heavy atom. The first-order valence-corrected chi connectivity index (χ1v) is 16.2. The van der Waals surface area contributed by atoms with E-state index in [0.717, 1.165) is 35.6 Å². The Bertz CT molecular complexity index is 1410. The molecule has 38 heavy (non-hydrogen) atoms. The second-order valence-electron chi connectivity index (χ2n) is 7.96. The highest BCUT2D eigenvalue weighted by molar-refractivity contribution is 14.1. The van der Waals surface area contributed by atoms with Gasteiger partial charge in [-0.15, -0.1) is 23.5 Å². The second-order valence-corrected chi connectivity index (χ2v) is 12.2. The molecule has 0 N–H and O–H groups in total. The van der Waals surface area contributed by atoms with Crippen molar-refractivity contribution >= 4 is 92.4 Å². The number of thioether (sulfide) groups is 2. The van der Waals surface area contributed by atoms with Crippen LogP contribution in [-0.4, -0.2) is 24.1 Å². The summed E-state index contributed by atoms with van der Waals surface area (Å²) in [4.78, 5) is 26.3. The maximum Gasteiger partial charge on any atom is 0.185 e. The van der Waals surface area contributed by atoms with Gasteiger partial charge in [-0.1, -0.05) is 36.4 Å². The van der Waals surface area contributed by atoms with Crippen LogP contribution in [-0.2, 0) is 0 Å². The van der Waals surface area contributed by atoms with Crippen LogP contribution in [0.15, 0.2) is 119 Å². The Morgan fingerprint density at radius 3 is 1.50 bits per heavy atom. The molecule has 0 spiro atoms. The first-order valence-electron chi connectivity index (χ1n) is 11.6. The van der Waals surface area contributed by atoms with Crippen molar-refractivity contribution in [1.82, 2.24) is 0 Å². The lowest BCUT2D eigenvalue weighted by atomic mass is 10.1. The minimum Gasteiger partial charge on any atom is -0.289 e. The number of benzene rings is 4. The molecule has 0 radical (unpaired) electrons. The zero-order chi connectivity index (χ0) is 27.3. The van der Waals surface area contributed by atoms with E-state index in [0.29, 0.717) is 0 Å². The summed E-state index contributed by atoms with van der Waals surface area (Å²) in [5.41, 5.74) is 3.52. The highest BCUT2D eigenvalue weighted by atomic mass is 127. The summed E-state index contributed by atoms with van der Waals surface area (Å²) in [6, 6.07) is 31.5. The molecule has 0 aliphatic rings. The van der Waals surface area contributed by atoms with Crippen molar-refractivity contribution in [3.8, 4) is 0 Å². The Morgan fingerprint density at radius 2 is 1.05 bits per heavy atom. The number of carbonyl (C=O) groups is 2. The molecule has 4 aromatic rings. The number of carbonyl (C=O) groups excluding carboxylic acids is 2. The van der Waals surface area contributed by atoms with Crippen molar-refractivity contribution in [2.45, 2.75) is 9.79 Å². The number of rotatable bonds is 8. The summed E-state index contributed by atoms with van der Waals surface area (Å²) in [5, 5.41) is 0. The zero-order valence-corrected chi connectivity index (χ0v) is 26.9. The molecule has 0 saturated carbocycles. The van der Waals surface area contributed by atoms with Gasteiger partial charge in [0.2, 0.25) is 0 Å². The summed E-state index contributed by atoms with van der Waals surface area (Å²) < 4.78 is 2.35. The van der Waals surface area contributed by atoms with Crippen molar-refractivity contribution in [2.75, 3.05) is 12.5 Å². The molecule has 0 aliphatic heterocycles. The molecule has 0 unspecified atom stereocenters. The predicted octanol–water partition coefficient (Wildman–Crippen LogP) is 9.82. The SMILES string of the molecule is CSc1ccc(C(=O)C=Cc2ccc(I)cc2)cc1.CSc1ccc(C(=O)C=Cc2cccc(I)c2)cc1. The highest BCUT2D eigenvalue weighted by Gasteiger charge is 2.02. The fraction of sp³-hybridized carbons (Fsp3) is 0.0625. The maximum absolute atomic E-state index is 12.0. The quantitative estimate of drug-likeness (QED) is 0.0776. The Kier molecular flexibility index (Phi) is 12.9. The topological polar surface area (TPSA) is 34.1 Å². The fourth-order valence-electron chi connectivity index (χ4n) is 3.23. The van der Waals surface area contributed by atoms with Crippen LogP contribution < -0.4 is 0 Å². The van der Waals surface area contributed by atoms with Crippen molar-refractivity contribution in [2.24, 2.45) is 0 Å². The summed E-state index contributed by atoms with van der Waals surface area (Å²) in [6.07, 6.45) is 11.0. The van der Waals surface area contributed by atoms with Crippen molar-refractivity contribution < 1.29 is 9.59 Å². The van der Waals surface area contributed by atoms with E-state index in [2.05, 4.69) is 45.2 Å². The molecule has 0 bridgehead atoms. The van der Waals surface area contributed by atoms with E-state index in [-0.39, 0.29) is 11.6 Å². The smallest absolute Gasteiger partial charge is 0.185 e. The van der Waals surface area contributed by atoms with E-state index in [1.165, 1.54) is 3.57 Å². The minimum absolute atomic E-state index is 0.0335. The van der Waals surface area contributed by atoms with Crippen molar-refractivity contribution in [3.63, 3.8) is 0 Å². The monoisotopic (exact) mass is 760 g/mol. The molecular formula is C32H26I2O2S2. The van der Waals surface area contributed by atoms with Gasteiger partial charge in [-0.05, 0) is 154 Å². The van der Waals surface area contributed by atoms with Gasteiger partial charge < -0.3 is 0 Å². The average Bonchev–Trinajstić information content (AvgIpc) is 2.96. The molecule has 2 nitrogen and oxygen atoms in total. The largest absolute Gasteiger partial charge is 0.289 e. The number of allylic oxidation sites excluding steroid dienone is 2. The summed E-state index contributed by atoms with van der Waals surface area (Å²) in [6.45, 7) is 0. The van der Waals surface area contributed by atoms with E-state index < -0.39 is 0 Å². The standard InChI is InChI=1S/2C16H13IOS/c1-19-15-9-5-13(6-10-15)16(18)11-4-12-2-7-14(17)8-3-12;1-19-15-8-6-13(7-9-15)16(18)10-5-12-3-2-4-14(17)11-12/h2*2-11H,1H3. The van der Waals surface area contributed by atoms with Gasteiger partial charge in [0, 0.05) is 28.1 Å². The normalized spacial score (nSPS) is 10.8. The summed E-state index contributed by atoms with van der Waals surface area (Å²) >= 11 is 7.86. The van der Waals surface area contributed by atoms with E-state index in [1.807, 2.05) is 122 Å². The first kappa shape index (κ1) is 30.4. The number of ketones is 2. The molecule has 6 heteroatoms. The van der Waals surface area contributed by atoms with Gasteiger partial charge in [0.15, 0.2) is 11.6 Å². The molecule has 192 valence electrons. The van der Waals surface area contributed by atoms with Crippen LogP contribution in [0, 0.1) is 7.14 Å². The first-order chi connectivity index (χ1) is 18.4. The van der Waals surface area contributed by atoms with Crippen LogP contribution in [0.4, 0.5) is 0 Å². The third-order valence-electron chi connectivity index (χ3n) is 5.32. The molecule has 0 saturated heterocycles. The molecule has 0 heterocycles. The van der Waals surface area contributed by atoms with E-state index in [9.17, 15) is 9.59 Å². The lowest BCUT2D eigenvalue weighted by Crippen LogP contribution is -1.93. The lowest BCUT2D eigenvalue weighted by molar-refractivity contribution is 0.103. The second kappa shape index (κ2) is 16.1. The summed E-state index contributed by atoms with van der Waals surface area (Å²) in [5.74, 6) is 0.0673. The molecule has 0 aromatic heterocycles. The van der Waals surface area contributed by atoms with Crippen LogP contribution in [0.5, 0.6) is 0 Å². The van der Waals surface area contributed by atoms with Gasteiger partial charge >= 0.3 is 0 Å². The third-order valence-corrected chi connectivity index (χ3v) is 8.20. The molecular weight excluding hydrogens is 734 g/mol. The number of hydrogen-bond donors (Lipinski definition) is 0. The molecule has 0 aliphatic carbocycles. The Labute approximate surface area is 260 Å². The molecule has 0 atom stereocenters. The Hall–Kier alpha value is -2.14. The van der Waals surface area contributed by atoms with Gasteiger partial charge in [-0.2, -0.15) is 0 Å². The zero-order valence-electron chi connectivity index (χ0n) is 20.9. The van der Waals surface area contributed by atoms with Crippen molar-refractivity contribution in [1.29, 1.82) is 0 Å². The van der Waals surface area contributed by atoms with E-state index in [1.54, 1.807) is 35.7 Å². The molecule has 0 fully saturated rings. The van der Waals surface area contributed by atoms with Gasteiger partial charge in [0.05, 0.1) is 0 Å². The number of halogens is 2. The fourth-order valence-corrected chi connectivity index (χ4v) is 4.97. The van der Waals surface area contributed by atoms with Crippen LogP contribution in [0.2, 0.25) is 0 Å². The highest BCUT2D eigenvalue weighted by Crippen LogP contribution is 2.17. The van der Waals surface area contributed by atoms with Crippen molar-refractivity contribution in [3.05, 3.63) is 139 Å². The van der Waals surface area contributed by atoms with Gasteiger partial charge in [-0.3, -0.25) is 9.59 Å². The van der Waals surface area contributed by atoms with Crippen LogP contribution in [0.1, 0.15) is 31.8 Å². The molecule has 4 rings (SSSR count). The Balaban J connectivity index is 0.000000211. The maximum atomic E-state index is 12.0. The van der Waals surface area contributed by atoms with Gasteiger partial charge in [0.1, 0.15) is 0 Å². The molecule has 4 aromatic carbocycles. The van der Waals surface area contributed by atoms with E-state index >= 15 is 0 Å². The van der Waals surface area contributed by atoms with Gasteiger partial charge in [-0.25, -0.2) is 0 Å². The van der Waals surface area contributed by atoms with E-state index in [4.69, 9.17) is 0 Å². The van der Waals surface area contributed by atoms with Crippen LogP contribution in [0.3, 0.4) is 0 Å². The predicted molar refractivity (Wildman–Crippen MR) is 181 cm³/mol. The average molecular weight is 761 g/mol. The lowest BCUT2D eigenvalue weighted by Gasteiger charge is -1.99. The van der Waals surface area contributed by atoms with Gasteiger partial charge in [0.25, 0.3) is 0 Å². The minimum atomic E-state index is 0.0335.